The molecule has 0 saturated carbocycles. The van der Waals surface area contributed by atoms with Gasteiger partial charge in [-0.25, -0.2) is 8.42 Å². The third-order valence-corrected chi connectivity index (χ3v) is 7.20. The minimum absolute atomic E-state index is 0.362. The predicted octanol–water partition coefficient (Wildman–Crippen LogP) is 3.20. The molecule has 0 bridgehead atoms. The minimum Gasteiger partial charge on any atom is -0.334 e. The summed E-state index contributed by atoms with van der Waals surface area (Å²) in [6.45, 7) is 4.80. The number of rotatable bonds is 7. The van der Waals surface area contributed by atoms with Crippen LogP contribution in [0.4, 0.5) is 0 Å². The van der Waals surface area contributed by atoms with Crippen molar-refractivity contribution in [2.75, 3.05) is 26.2 Å². The zero-order valence-electron chi connectivity index (χ0n) is 17.1. The van der Waals surface area contributed by atoms with Crippen LogP contribution in [-0.4, -0.2) is 53.9 Å². The number of benzene rings is 2. The molecule has 30 heavy (non-hydrogen) atoms. The second-order valence-electron chi connectivity index (χ2n) is 7.46. The summed E-state index contributed by atoms with van der Waals surface area (Å²) in [5.74, 6) is 1.11. The molecule has 7 nitrogen and oxygen atoms in total. The van der Waals surface area contributed by atoms with Crippen molar-refractivity contribution in [3.05, 3.63) is 66.0 Å². The lowest BCUT2D eigenvalue weighted by Crippen LogP contribution is -2.48. The van der Waals surface area contributed by atoms with E-state index in [1.54, 1.807) is 16.4 Å². The SMILES string of the molecule is CCCc1ccc(S(=O)(=O)N2CCN(Cc3noc(-c4ccccc4)n3)CC2)cc1. The van der Waals surface area contributed by atoms with Gasteiger partial charge in [-0.15, -0.1) is 0 Å². The summed E-state index contributed by atoms with van der Waals surface area (Å²) in [5.41, 5.74) is 2.05. The number of hydrogen-bond donors (Lipinski definition) is 0. The van der Waals surface area contributed by atoms with Crippen LogP contribution in [0.5, 0.6) is 0 Å². The van der Waals surface area contributed by atoms with Gasteiger partial charge in [-0.3, -0.25) is 4.90 Å². The van der Waals surface area contributed by atoms with Gasteiger partial charge in [-0.2, -0.15) is 9.29 Å². The van der Waals surface area contributed by atoms with Crippen LogP contribution in [0.1, 0.15) is 24.7 Å². The van der Waals surface area contributed by atoms with E-state index < -0.39 is 10.0 Å². The number of aryl methyl sites for hydroxylation is 1. The zero-order chi connectivity index (χ0) is 21.0. The third-order valence-electron chi connectivity index (χ3n) is 5.28. The molecule has 0 N–H and O–H groups in total. The molecule has 1 saturated heterocycles. The van der Waals surface area contributed by atoms with Gasteiger partial charge in [0, 0.05) is 31.7 Å². The molecule has 3 aromatic rings. The summed E-state index contributed by atoms with van der Waals surface area (Å²) in [4.78, 5) is 6.97. The minimum atomic E-state index is -3.47. The molecule has 4 rings (SSSR count). The van der Waals surface area contributed by atoms with Crippen molar-refractivity contribution < 1.29 is 12.9 Å². The first-order valence-electron chi connectivity index (χ1n) is 10.3. The van der Waals surface area contributed by atoms with Crippen molar-refractivity contribution >= 4 is 10.0 Å². The van der Waals surface area contributed by atoms with E-state index in [9.17, 15) is 8.42 Å². The second-order valence-corrected chi connectivity index (χ2v) is 9.39. The summed E-state index contributed by atoms with van der Waals surface area (Å²) < 4.78 is 32.8. The van der Waals surface area contributed by atoms with Crippen molar-refractivity contribution in [3.8, 4) is 11.5 Å². The van der Waals surface area contributed by atoms with E-state index >= 15 is 0 Å². The molecular weight excluding hydrogens is 400 g/mol. The fourth-order valence-electron chi connectivity index (χ4n) is 3.61. The fourth-order valence-corrected chi connectivity index (χ4v) is 5.03. The molecule has 2 aromatic carbocycles. The average molecular weight is 427 g/mol. The molecule has 0 aliphatic carbocycles. The molecule has 0 radical (unpaired) electrons. The second kappa shape index (κ2) is 9.07. The van der Waals surface area contributed by atoms with Crippen LogP contribution in [0.25, 0.3) is 11.5 Å². The molecular formula is C22H26N4O3S. The van der Waals surface area contributed by atoms with Crippen LogP contribution in [-0.2, 0) is 23.0 Å². The van der Waals surface area contributed by atoms with E-state index in [0.29, 0.717) is 49.3 Å². The highest BCUT2D eigenvalue weighted by Crippen LogP contribution is 2.20. The van der Waals surface area contributed by atoms with E-state index in [0.717, 1.165) is 24.0 Å². The zero-order valence-corrected chi connectivity index (χ0v) is 17.9. The number of hydrogen-bond acceptors (Lipinski definition) is 6. The van der Waals surface area contributed by atoms with E-state index in [-0.39, 0.29) is 0 Å². The molecule has 8 heteroatoms. The Balaban J connectivity index is 1.35. The van der Waals surface area contributed by atoms with Gasteiger partial charge in [0.25, 0.3) is 5.89 Å². The van der Waals surface area contributed by atoms with Gasteiger partial charge in [-0.1, -0.05) is 48.8 Å². The Kier molecular flexibility index (Phi) is 6.26. The third kappa shape index (κ3) is 4.61. The van der Waals surface area contributed by atoms with Crippen molar-refractivity contribution in [3.63, 3.8) is 0 Å². The normalized spacial score (nSPS) is 16.0. The van der Waals surface area contributed by atoms with Gasteiger partial charge in [0.2, 0.25) is 10.0 Å². The highest BCUT2D eigenvalue weighted by atomic mass is 32.2. The van der Waals surface area contributed by atoms with Gasteiger partial charge >= 0.3 is 0 Å². The van der Waals surface area contributed by atoms with Crippen LogP contribution in [0, 0.1) is 0 Å². The highest BCUT2D eigenvalue weighted by molar-refractivity contribution is 7.89. The molecule has 0 atom stereocenters. The van der Waals surface area contributed by atoms with E-state index in [2.05, 4.69) is 22.0 Å². The van der Waals surface area contributed by atoms with Gasteiger partial charge in [0.05, 0.1) is 11.4 Å². The summed E-state index contributed by atoms with van der Waals surface area (Å²) in [6, 6.07) is 16.9. The monoisotopic (exact) mass is 426 g/mol. The number of nitrogens with zero attached hydrogens (tertiary/aromatic N) is 4. The lowest BCUT2D eigenvalue weighted by molar-refractivity contribution is 0.176. The van der Waals surface area contributed by atoms with Crippen molar-refractivity contribution in [1.82, 2.24) is 19.3 Å². The topological polar surface area (TPSA) is 79.5 Å². The standard InChI is InChI=1S/C22H26N4O3S/c1-2-6-18-9-11-20(12-10-18)30(27,28)26-15-13-25(14-16-26)17-21-23-22(29-24-21)19-7-4-3-5-8-19/h3-5,7-12H,2,6,13-17H2,1H3. The summed E-state index contributed by atoms with van der Waals surface area (Å²) in [7, 11) is -3.47. The van der Waals surface area contributed by atoms with Crippen LogP contribution < -0.4 is 0 Å². The first kappa shape index (κ1) is 20.7. The maximum absolute atomic E-state index is 12.9. The first-order chi connectivity index (χ1) is 14.6. The van der Waals surface area contributed by atoms with E-state index in [4.69, 9.17) is 4.52 Å². The molecule has 1 fully saturated rings. The molecule has 1 aromatic heterocycles. The van der Waals surface area contributed by atoms with Crippen LogP contribution in [0.2, 0.25) is 0 Å². The van der Waals surface area contributed by atoms with Crippen LogP contribution in [0.15, 0.2) is 64.0 Å². The quantitative estimate of drug-likeness (QED) is 0.577. The molecule has 0 spiro atoms. The molecule has 1 aliphatic rings. The molecule has 2 heterocycles. The lowest BCUT2D eigenvalue weighted by atomic mass is 10.1. The maximum atomic E-state index is 12.9. The van der Waals surface area contributed by atoms with Crippen molar-refractivity contribution in [2.24, 2.45) is 0 Å². The van der Waals surface area contributed by atoms with Gasteiger partial charge in [-0.05, 0) is 36.2 Å². The van der Waals surface area contributed by atoms with Gasteiger partial charge < -0.3 is 4.52 Å². The summed E-state index contributed by atoms with van der Waals surface area (Å²) in [6.07, 6.45) is 2.00. The van der Waals surface area contributed by atoms with Crippen LogP contribution in [0.3, 0.4) is 0 Å². The Morgan fingerprint density at radius 2 is 1.67 bits per heavy atom. The van der Waals surface area contributed by atoms with Crippen molar-refractivity contribution in [2.45, 2.75) is 31.2 Å². The summed E-state index contributed by atoms with van der Waals surface area (Å²) >= 11 is 0. The molecule has 1 aliphatic heterocycles. The van der Waals surface area contributed by atoms with Crippen molar-refractivity contribution in [1.29, 1.82) is 0 Å². The number of aromatic nitrogens is 2. The Labute approximate surface area is 177 Å². The molecule has 0 unspecified atom stereocenters. The summed E-state index contributed by atoms with van der Waals surface area (Å²) in [5, 5.41) is 4.07. The highest BCUT2D eigenvalue weighted by Gasteiger charge is 2.29. The number of sulfonamides is 1. The van der Waals surface area contributed by atoms with Crippen LogP contribution >= 0.6 is 0 Å². The fraction of sp³-hybridized carbons (Fsp3) is 0.364. The first-order valence-corrected chi connectivity index (χ1v) is 11.7. The Morgan fingerprint density at radius 3 is 2.33 bits per heavy atom. The molecule has 0 amide bonds. The smallest absolute Gasteiger partial charge is 0.257 e. The Hall–Kier alpha value is -2.55. The maximum Gasteiger partial charge on any atom is 0.257 e. The lowest BCUT2D eigenvalue weighted by Gasteiger charge is -2.33. The van der Waals surface area contributed by atoms with Gasteiger partial charge in [0.1, 0.15) is 0 Å². The predicted molar refractivity (Wildman–Crippen MR) is 114 cm³/mol. The van der Waals surface area contributed by atoms with E-state index in [1.165, 1.54) is 0 Å². The van der Waals surface area contributed by atoms with E-state index in [1.807, 2.05) is 42.5 Å². The molecule has 158 valence electrons. The average Bonchev–Trinajstić information content (AvgIpc) is 3.24. The Morgan fingerprint density at radius 1 is 0.967 bits per heavy atom. The Bertz CT molecular complexity index is 1060. The largest absolute Gasteiger partial charge is 0.334 e. The van der Waals surface area contributed by atoms with Gasteiger partial charge in [0.15, 0.2) is 5.82 Å². The number of piperazine rings is 1.